The number of aliphatic hydroxyl groups is 1. The van der Waals surface area contributed by atoms with E-state index >= 15 is 0 Å². The number of carboxylic acids is 1. The molecule has 0 bridgehead atoms. The van der Waals surface area contributed by atoms with Gasteiger partial charge in [-0.25, -0.2) is 4.79 Å². The largest absolute Gasteiger partial charge is 0.481 e. The Labute approximate surface area is 121 Å². The smallest absolute Gasteiger partial charge is 0.319 e. The van der Waals surface area contributed by atoms with Crippen molar-refractivity contribution in [2.24, 2.45) is 0 Å². The minimum Gasteiger partial charge on any atom is -0.481 e. The van der Waals surface area contributed by atoms with E-state index in [0.717, 1.165) is 5.56 Å². The van der Waals surface area contributed by atoms with Crippen LogP contribution in [0.4, 0.5) is 10.5 Å². The fraction of sp³-hybridized carbons (Fsp3) is 0.385. The Morgan fingerprint density at radius 2 is 2.05 bits per heavy atom. The number of benzene rings is 1. The number of carbonyl (C=O) groups is 2. The van der Waals surface area contributed by atoms with Gasteiger partial charge in [0.05, 0.1) is 22.7 Å². The van der Waals surface area contributed by atoms with Crippen LogP contribution in [0.3, 0.4) is 0 Å². The quantitative estimate of drug-likeness (QED) is 0.668. The summed E-state index contributed by atoms with van der Waals surface area (Å²) >= 11 is 5.93. The summed E-state index contributed by atoms with van der Waals surface area (Å²) in [6, 6.07) is 4.61. The third kappa shape index (κ3) is 5.46. The molecule has 2 amide bonds. The van der Waals surface area contributed by atoms with Crippen molar-refractivity contribution in [3.8, 4) is 0 Å². The van der Waals surface area contributed by atoms with E-state index in [4.69, 9.17) is 16.7 Å². The number of rotatable bonds is 5. The van der Waals surface area contributed by atoms with Crippen LogP contribution in [0.5, 0.6) is 0 Å². The molecule has 4 N–H and O–H groups in total. The molecule has 0 spiro atoms. The minimum atomic E-state index is -1.51. The Morgan fingerprint density at radius 1 is 1.40 bits per heavy atom. The van der Waals surface area contributed by atoms with Gasteiger partial charge < -0.3 is 20.8 Å². The minimum absolute atomic E-state index is 0.186. The van der Waals surface area contributed by atoms with Gasteiger partial charge in [-0.3, -0.25) is 4.79 Å². The average molecular weight is 301 g/mol. The summed E-state index contributed by atoms with van der Waals surface area (Å²) in [6.07, 6.45) is -0.460. The number of nitrogens with one attached hydrogen (secondary N) is 2. The molecule has 0 aliphatic carbocycles. The number of aliphatic carboxylic acids is 1. The fourth-order valence-corrected chi connectivity index (χ4v) is 1.73. The number of amides is 2. The molecule has 0 saturated heterocycles. The number of carbonyl (C=O) groups excluding carboxylic acids is 1. The first kappa shape index (κ1) is 16.3. The number of halogens is 1. The molecule has 0 saturated carbocycles. The molecule has 6 nitrogen and oxygen atoms in total. The summed E-state index contributed by atoms with van der Waals surface area (Å²) in [5, 5.41) is 23.7. The van der Waals surface area contributed by atoms with E-state index in [-0.39, 0.29) is 6.54 Å². The number of anilines is 1. The van der Waals surface area contributed by atoms with E-state index in [1.807, 2.05) is 13.0 Å². The van der Waals surface area contributed by atoms with E-state index in [9.17, 15) is 14.7 Å². The van der Waals surface area contributed by atoms with Gasteiger partial charge in [0, 0.05) is 6.54 Å². The standard InChI is InChI=1S/C13H17ClN2O4/c1-8-3-4-9(14)10(5-8)16-12(19)15-7-13(2,20)6-11(17)18/h3-5,20H,6-7H2,1-2H3,(H,17,18)(H2,15,16,19). The molecule has 1 aromatic rings. The maximum atomic E-state index is 11.7. The van der Waals surface area contributed by atoms with E-state index in [0.29, 0.717) is 10.7 Å². The Bertz CT molecular complexity index is 517. The summed E-state index contributed by atoms with van der Waals surface area (Å²) in [5.74, 6) is -1.14. The average Bonchev–Trinajstić information content (AvgIpc) is 2.30. The molecule has 0 aromatic heterocycles. The fourth-order valence-electron chi connectivity index (χ4n) is 1.56. The molecule has 0 fully saturated rings. The van der Waals surface area contributed by atoms with Crippen LogP contribution in [0.1, 0.15) is 18.9 Å². The highest BCUT2D eigenvalue weighted by Gasteiger charge is 2.24. The predicted octanol–water partition coefficient (Wildman–Crippen LogP) is 2.00. The molecule has 0 radical (unpaired) electrons. The van der Waals surface area contributed by atoms with Crippen molar-refractivity contribution in [3.63, 3.8) is 0 Å². The molecule has 1 unspecified atom stereocenters. The van der Waals surface area contributed by atoms with Crippen LogP contribution in [-0.2, 0) is 4.79 Å². The molecule has 7 heteroatoms. The summed E-state index contributed by atoms with van der Waals surface area (Å²) < 4.78 is 0. The molecule has 1 rings (SSSR count). The molecule has 0 heterocycles. The van der Waals surface area contributed by atoms with E-state index in [1.165, 1.54) is 6.92 Å². The molecule has 0 aliphatic heterocycles. The molecular formula is C13H17ClN2O4. The van der Waals surface area contributed by atoms with Crippen molar-refractivity contribution < 1.29 is 19.8 Å². The third-order valence-corrected chi connectivity index (χ3v) is 2.86. The summed E-state index contributed by atoms with van der Waals surface area (Å²) in [4.78, 5) is 22.2. The second-order valence-corrected chi connectivity index (χ2v) is 5.27. The number of urea groups is 1. The van der Waals surface area contributed by atoms with Crippen molar-refractivity contribution in [3.05, 3.63) is 28.8 Å². The van der Waals surface area contributed by atoms with Crippen LogP contribution in [0, 0.1) is 6.92 Å². The monoisotopic (exact) mass is 300 g/mol. The molecule has 20 heavy (non-hydrogen) atoms. The number of carboxylic acid groups (broad SMARTS) is 1. The van der Waals surface area contributed by atoms with E-state index in [1.54, 1.807) is 12.1 Å². The highest BCUT2D eigenvalue weighted by Crippen LogP contribution is 2.22. The molecule has 1 atom stereocenters. The first-order valence-electron chi connectivity index (χ1n) is 5.95. The second kappa shape index (κ2) is 6.58. The summed E-state index contributed by atoms with van der Waals surface area (Å²) in [7, 11) is 0. The first-order chi connectivity index (χ1) is 9.19. The van der Waals surface area contributed by atoms with Gasteiger partial charge in [-0.05, 0) is 31.5 Å². The van der Waals surface area contributed by atoms with Crippen LogP contribution in [0.2, 0.25) is 5.02 Å². The van der Waals surface area contributed by atoms with Gasteiger partial charge in [0.1, 0.15) is 0 Å². The van der Waals surface area contributed by atoms with Crippen LogP contribution in [-0.4, -0.2) is 34.4 Å². The highest BCUT2D eigenvalue weighted by atomic mass is 35.5. The molecule has 110 valence electrons. The Balaban J connectivity index is 2.56. The maximum Gasteiger partial charge on any atom is 0.319 e. The lowest BCUT2D eigenvalue weighted by Gasteiger charge is -2.21. The van der Waals surface area contributed by atoms with Crippen molar-refractivity contribution in [2.45, 2.75) is 25.9 Å². The Kier molecular flexibility index (Phi) is 5.35. The van der Waals surface area contributed by atoms with Gasteiger partial charge >= 0.3 is 12.0 Å². The van der Waals surface area contributed by atoms with Gasteiger partial charge in [0.15, 0.2) is 0 Å². The van der Waals surface area contributed by atoms with Gasteiger partial charge in [-0.1, -0.05) is 17.7 Å². The predicted molar refractivity (Wildman–Crippen MR) is 76.1 cm³/mol. The normalized spacial score (nSPS) is 13.4. The number of aryl methyl sites for hydroxylation is 1. The number of hydrogen-bond donors (Lipinski definition) is 4. The van der Waals surface area contributed by atoms with Gasteiger partial charge in [-0.2, -0.15) is 0 Å². The van der Waals surface area contributed by atoms with E-state index in [2.05, 4.69) is 10.6 Å². The second-order valence-electron chi connectivity index (χ2n) is 4.86. The van der Waals surface area contributed by atoms with Crippen LogP contribution >= 0.6 is 11.6 Å². The topological polar surface area (TPSA) is 98.7 Å². The van der Waals surface area contributed by atoms with Gasteiger partial charge in [0.25, 0.3) is 0 Å². The first-order valence-corrected chi connectivity index (χ1v) is 6.32. The molecule has 1 aromatic carbocycles. The summed E-state index contributed by atoms with van der Waals surface area (Å²) in [5.41, 5.74) is -0.135. The van der Waals surface area contributed by atoms with Crippen molar-refractivity contribution in [2.75, 3.05) is 11.9 Å². The van der Waals surface area contributed by atoms with Crippen LogP contribution in [0.15, 0.2) is 18.2 Å². The molecular weight excluding hydrogens is 284 g/mol. The summed E-state index contributed by atoms with van der Waals surface area (Å²) in [6.45, 7) is 3.01. The van der Waals surface area contributed by atoms with Gasteiger partial charge in [0.2, 0.25) is 0 Å². The van der Waals surface area contributed by atoms with E-state index < -0.39 is 24.0 Å². The molecule has 0 aliphatic rings. The zero-order chi connectivity index (χ0) is 15.3. The lowest BCUT2D eigenvalue weighted by molar-refractivity contribution is -0.141. The highest BCUT2D eigenvalue weighted by molar-refractivity contribution is 6.33. The van der Waals surface area contributed by atoms with Crippen LogP contribution in [0.25, 0.3) is 0 Å². The zero-order valence-corrected chi connectivity index (χ0v) is 12.0. The third-order valence-electron chi connectivity index (χ3n) is 2.53. The SMILES string of the molecule is Cc1ccc(Cl)c(NC(=O)NCC(C)(O)CC(=O)O)c1. The van der Waals surface area contributed by atoms with Crippen LogP contribution < -0.4 is 10.6 Å². The maximum absolute atomic E-state index is 11.7. The lowest BCUT2D eigenvalue weighted by atomic mass is 10.0. The Hall–Kier alpha value is -1.79. The van der Waals surface area contributed by atoms with Gasteiger partial charge in [-0.15, -0.1) is 0 Å². The number of hydrogen-bond acceptors (Lipinski definition) is 3. The Morgan fingerprint density at radius 3 is 2.65 bits per heavy atom. The van der Waals surface area contributed by atoms with Crippen molar-refractivity contribution >= 4 is 29.3 Å². The lowest BCUT2D eigenvalue weighted by Crippen LogP contribution is -2.43. The van der Waals surface area contributed by atoms with Crippen molar-refractivity contribution in [1.82, 2.24) is 5.32 Å². The zero-order valence-electron chi connectivity index (χ0n) is 11.2. The van der Waals surface area contributed by atoms with Crippen molar-refractivity contribution in [1.29, 1.82) is 0 Å².